The van der Waals surface area contributed by atoms with Crippen LogP contribution in [0.4, 0.5) is 0 Å². The molecule has 0 N–H and O–H groups in total. The van der Waals surface area contributed by atoms with Crippen LogP contribution in [0.1, 0.15) is 17.3 Å². The minimum atomic E-state index is 0.415. The third-order valence-electron chi connectivity index (χ3n) is 2.25. The number of rotatable bonds is 1. The molecule has 0 aliphatic rings. The lowest BCUT2D eigenvalue weighted by Gasteiger charge is -2.07. The smallest absolute Gasteiger partial charge is 0.0373 e. The summed E-state index contributed by atoms with van der Waals surface area (Å²) in [5, 5.41) is 2.65. The summed E-state index contributed by atoms with van der Waals surface area (Å²) in [6.45, 7) is 2.15. The van der Waals surface area contributed by atoms with Crippen LogP contribution in [0.2, 0.25) is 0 Å². The minimum Gasteiger partial charge on any atom is -0.0842 e. The van der Waals surface area contributed by atoms with E-state index in [1.165, 1.54) is 16.3 Å². The van der Waals surface area contributed by atoms with Gasteiger partial charge in [-0.2, -0.15) is 0 Å². The molecule has 1 heteroatoms. The van der Waals surface area contributed by atoms with Crippen molar-refractivity contribution >= 4 is 26.7 Å². The molecule has 2 aromatic rings. The molecule has 2 rings (SSSR count). The van der Waals surface area contributed by atoms with Gasteiger partial charge in [-0.15, -0.1) is 0 Å². The van der Waals surface area contributed by atoms with Gasteiger partial charge in [0.15, 0.2) is 0 Å². The first-order valence-electron chi connectivity index (χ1n) is 4.41. The van der Waals surface area contributed by atoms with E-state index in [1.54, 1.807) is 0 Å². The topological polar surface area (TPSA) is 0 Å². The zero-order chi connectivity index (χ0) is 9.26. The number of alkyl halides is 1. The fourth-order valence-electron chi connectivity index (χ4n) is 1.60. The van der Waals surface area contributed by atoms with Crippen molar-refractivity contribution in [2.75, 3.05) is 0 Å². The summed E-state index contributed by atoms with van der Waals surface area (Å²) in [4.78, 5) is 0.415. The highest BCUT2D eigenvalue weighted by atomic mass is 79.9. The molecule has 1 atom stereocenters. The van der Waals surface area contributed by atoms with Crippen LogP contribution in [0.5, 0.6) is 0 Å². The average Bonchev–Trinajstić information content (AvgIpc) is 2.17. The Morgan fingerprint density at radius 2 is 1.69 bits per heavy atom. The van der Waals surface area contributed by atoms with Crippen LogP contribution in [0, 0.1) is 0 Å². The predicted octanol–water partition coefficient (Wildman–Crippen LogP) is 4.30. The van der Waals surface area contributed by atoms with Crippen molar-refractivity contribution in [3.8, 4) is 0 Å². The Hall–Kier alpha value is -0.820. The predicted molar refractivity (Wildman–Crippen MR) is 61.3 cm³/mol. The standard InChI is InChI=1S/C12H11Br/c1-9(13)11-8-4-6-10-5-2-3-7-12(10)11/h2-9H,1H3. The van der Waals surface area contributed by atoms with Gasteiger partial charge in [-0.1, -0.05) is 58.4 Å². The number of fused-ring (bicyclic) bond motifs is 1. The fourth-order valence-corrected chi connectivity index (χ4v) is 2.00. The summed E-state index contributed by atoms with van der Waals surface area (Å²) in [7, 11) is 0. The monoisotopic (exact) mass is 234 g/mol. The molecule has 13 heavy (non-hydrogen) atoms. The molecule has 0 aromatic heterocycles. The molecular weight excluding hydrogens is 224 g/mol. The summed E-state index contributed by atoms with van der Waals surface area (Å²) >= 11 is 3.60. The summed E-state index contributed by atoms with van der Waals surface area (Å²) in [6.07, 6.45) is 0. The van der Waals surface area contributed by atoms with E-state index in [-0.39, 0.29) is 0 Å². The van der Waals surface area contributed by atoms with Crippen molar-refractivity contribution in [1.82, 2.24) is 0 Å². The molecule has 0 amide bonds. The van der Waals surface area contributed by atoms with Crippen molar-refractivity contribution in [3.63, 3.8) is 0 Å². The van der Waals surface area contributed by atoms with E-state index in [9.17, 15) is 0 Å². The van der Waals surface area contributed by atoms with Crippen molar-refractivity contribution < 1.29 is 0 Å². The molecule has 0 saturated carbocycles. The Kier molecular flexibility index (Phi) is 2.36. The van der Waals surface area contributed by atoms with Crippen molar-refractivity contribution in [3.05, 3.63) is 48.0 Å². The van der Waals surface area contributed by atoms with Crippen LogP contribution in [0.25, 0.3) is 10.8 Å². The first kappa shape index (κ1) is 8.76. The largest absolute Gasteiger partial charge is 0.0842 e. The molecular formula is C12H11Br. The fraction of sp³-hybridized carbons (Fsp3) is 0.167. The average molecular weight is 235 g/mol. The van der Waals surface area contributed by atoms with Gasteiger partial charge >= 0.3 is 0 Å². The van der Waals surface area contributed by atoms with Gasteiger partial charge in [0, 0.05) is 4.83 Å². The molecule has 66 valence electrons. The summed E-state index contributed by atoms with van der Waals surface area (Å²) < 4.78 is 0. The molecule has 0 radical (unpaired) electrons. The zero-order valence-corrected chi connectivity index (χ0v) is 9.08. The molecule has 0 aliphatic carbocycles. The zero-order valence-electron chi connectivity index (χ0n) is 7.50. The van der Waals surface area contributed by atoms with E-state index in [0.29, 0.717) is 4.83 Å². The van der Waals surface area contributed by atoms with Crippen molar-refractivity contribution in [1.29, 1.82) is 0 Å². The Bertz CT molecular complexity index is 413. The van der Waals surface area contributed by atoms with Crippen LogP contribution in [0.15, 0.2) is 42.5 Å². The van der Waals surface area contributed by atoms with Gasteiger partial charge < -0.3 is 0 Å². The van der Waals surface area contributed by atoms with Gasteiger partial charge in [0.1, 0.15) is 0 Å². The highest BCUT2D eigenvalue weighted by Crippen LogP contribution is 2.28. The van der Waals surface area contributed by atoms with Gasteiger partial charge in [0.2, 0.25) is 0 Å². The summed E-state index contributed by atoms with van der Waals surface area (Å²) in [6, 6.07) is 14.9. The summed E-state index contributed by atoms with van der Waals surface area (Å²) in [5.41, 5.74) is 1.36. The van der Waals surface area contributed by atoms with E-state index in [2.05, 4.69) is 65.3 Å². The number of hydrogen-bond acceptors (Lipinski definition) is 0. The van der Waals surface area contributed by atoms with Crippen LogP contribution in [0.3, 0.4) is 0 Å². The maximum absolute atomic E-state index is 3.60. The van der Waals surface area contributed by atoms with E-state index in [1.807, 2.05) is 0 Å². The normalized spacial score (nSPS) is 13.1. The highest BCUT2D eigenvalue weighted by Gasteiger charge is 2.04. The molecule has 0 bridgehead atoms. The van der Waals surface area contributed by atoms with E-state index in [0.717, 1.165) is 0 Å². The molecule has 1 unspecified atom stereocenters. The first-order chi connectivity index (χ1) is 6.29. The number of halogens is 1. The van der Waals surface area contributed by atoms with Crippen molar-refractivity contribution in [2.24, 2.45) is 0 Å². The van der Waals surface area contributed by atoms with Crippen LogP contribution < -0.4 is 0 Å². The first-order valence-corrected chi connectivity index (χ1v) is 5.32. The second kappa shape index (κ2) is 3.51. The van der Waals surface area contributed by atoms with E-state index >= 15 is 0 Å². The van der Waals surface area contributed by atoms with Crippen LogP contribution in [-0.4, -0.2) is 0 Å². The van der Waals surface area contributed by atoms with Gasteiger partial charge in [-0.05, 0) is 23.3 Å². The van der Waals surface area contributed by atoms with Crippen molar-refractivity contribution in [2.45, 2.75) is 11.8 Å². The molecule has 0 fully saturated rings. The maximum Gasteiger partial charge on any atom is 0.0373 e. The van der Waals surface area contributed by atoms with Gasteiger partial charge in [-0.3, -0.25) is 0 Å². The SMILES string of the molecule is CC(Br)c1cccc2ccccc12. The maximum atomic E-state index is 3.60. The Balaban J connectivity index is 2.76. The summed E-state index contributed by atoms with van der Waals surface area (Å²) in [5.74, 6) is 0. The molecule has 0 saturated heterocycles. The van der Waals surface area contributed by atoms with Gasteiger partial charge in [0.05, 0.1) is 0 Å². The molecule has 0 spiro atoms. The molecule has 2 aromatic carbocycles. The molecule has 0 nitrogen and oxygen atoms in total. The number of benzene rings is 2. The van der Waals surface area contributed by atoms with Gasteiger partial charge in [-0.25, -0.2) is 0 Å². The molecule has 0 aliphatic heterocycles. The van der Waals surface area contributed by atoms with Crippen LogP contribution in [-0.2, 0) is 0 Å². The highest BCUT2D eigenvalue weighted by molar-refractivity contribution is 9.09. The molecule has 0 heterocycles. The van der Waals surface area contributed by atoms with E-state index < -0.39 is 0 Å². The lowest BCUT2D eigenvalue weighted by molar-refractivity contribution is 1.14. The second-order valence-corrected chi connectivity index (χ2v) is 4.56. The Morgan fingerprint density at radius 3 is 2.46 bits per heavy atom. The van der Waals surface area contributed by atoms with Gasteiger partial charge in [0.25, 0.3) is 0 Å². The third kappa shape index (κ3) is 1.61. The minimum absolute atomic E-state index is 0.415. The lowest BCUT2D eigenvalue weighted by Crippen LogP contribution is -1.85. The lowest BCUT2D eigenvalue weighted by atomic mass is 10.0. The number of hydrogen-bond donors (Lipinski definition) is 0. The van der Waals surface area contributed by atoms with E-state index in [4.69, 9.17) is 0 Å². The quantitative estimate of drug-likeness (QED) is 0.646. The second-order valence-electron chi connectivity index (χ2n) is 3.18. The van der Waals surface area contributed by atoms with Crippen LogP contribution >= 0.6 is 15.9 Å². The Morgan fingerprint density at radius 1 is 1.00 bits per heavy atom. The third-order valence-corrected chi connectivity index (χ3v) is 2.75. The Labute approximate surface area is 86.7 Å².